The summed E-state index contributed by atoms with van der Waals surface area (Å²) in [5.41, 5.74) is 1.95. The van der Waals surface area contributed by atoms with Crippen molar-refractivity contribution < 1.29 is 14.6 Å². The van der Waals surface area contributed by atoms with E-state index in [1.165, 1.54) is 0 Å². The molecule has 1 aliphatic carbocycles. The molecule has 0 amide bonds. The van der Waals surface area contributed by atoms with Crippen LogP contribution in [0.5, 0.6) is 5.88 Å². The number of carbonyl (C=O) groups is 1. The minimum Gasteiger partial charge on any atom is -0.480 e. The molecule has 3 rings (SSSR count). The monoisotopic (exact) mass is 326 g/mol. The van der Waals surface area contributed by atoms with Gasteiger partial charge < -0.3 is 14.7 Å². The maximum absolute atomic E-state index is 11.6. The average Bonchev–Trinajstić information content (AvgIpc) is 2.77. The maximum atomic E-state index is 11.6. The van der Waals surface area contributed by atoms with Gasteiger partial charge in [0.1, 0.15) is 17.7 Å². The fraction of sp³-hybridized carbons (Fsp3) is 0.368. The normalized spacial score (nSPS) is 22.4. The topological polar surface area (TPSA) is 62.7 Å². The van der Waals surface area contributed by atoms with Crippen molar-refractivity contribution >= 4 is 11.7 Å². The molecule has 2 heterocycles. The van der Waals surface area contributed by atoms with Crippen LogP contribution in [0.15, 0.2) is 48.1 Å². The van der Waals surface area contributed by atoms with Gasteiger partial charge in [-0.15, -0.1) is 0 Å². The number of pyridine rings is 1. The lowest BCUT2D eigenvalue weighted by molar-refractivity contribution is -0.142. The minimum atomic E-state index is -0.988. The van der Waals surface area contributed by atoms with E-state index in [1.54, 1.807) is 19.1 Å². The van der Waals surface area contributed by atoms with Gasteiger partial charge in [-0.2, -0.15) is 0 Å². The number of hydrogen-bond donors (Lipinski definition) is 1. The fourth-order valence-corrected chi connectivity index (χ4v) is 2.92. The first-order valence-corrected chi connectivity index (χ1v) is 8.20. The van der Waals surface area contributed by atoms with Crippen molar-refractivity contribution in [2.45, 2.75) is 20.3 Å². The Morgan fingerprint density at radius 1 is 1.42 bits per heavy atom. The number of fused-ring (bicyclic) bond motifs is 1. The minimum absolute atomic E-state index is 0.582. The quantitative estimate of drug-likeness (QED) is 0.921. The molecule has 0 saturated heterocycles. The molecule has 1 unspecified atom stereocenters. The van der Waals surface area contributed by atoms with Crippen molar-refractivity contribution in [3.05, 3.63) is 53.8 Å². The van der Waals surface area contributed by atoms with Crippen molar-refractivity contribution in [3.63, 3.8) is 0 Å². The van der Waals surface area contributed by atoms with Crippen molar-refractivity contribution in [2.24, 2.45) is 5.41 Å². The molecule has 1 aromatic heterocycles. The number of hydrogen-bond acceptors (Lipinski definition) is 4. The molecule has 0 radical (unpaired) electrons. The van der Waals surface area contributed by atoms with Crippen LogP contribution in [0.25, 0.3) is 0 Å². The number of allylic oxidation sites excluding steroid dienone is 2. The second kappa shape index (κ2) is 6.51. The predicted octanol–water partition coefficient (Wildman–Crippen LogP) is 2.99. The van der Waals surface area contributed by atoms with Gasteiger partial charge in [0.25, 0.3) is 0 Å². The van der Waals surface area contributed by atoms with Crippen LogP contribution in [-0.4, -0.2) is 35.8 Å². The molecule has 0 spiro atoms. The van der Waals surface area contributed by atoms with Crippen LogP contribution in [0.2, 0.25) is 0 Å². The lowest BCUT2D eigenvalue weighted by atomic mass is 9.88. The number of ether oxygens (including phenoxy) is 1. The Labute approximate surface area is 142 Å². The molecule has 2 aliphatic rings. The molecule has 0 bridgehead atoms. The van der Waals surface area contributed by atoms with Gasteiger partial charge >= 0.3 is 5.97 Å². The number of anilines is 1. The van der Waals surface area contributed by atoms with Crippen LogP contribution >= 0.6 is 0 Å². The van der Waals surface area contributed by atoms with E-state index >= 15 is 0 Å². The first-order valence-electron chi connectivity index (χ1n) is 8.20. The lowest BCUT2D eigenvalue weighted by Gasteiger charge is -2.31. The smallest absolute Gasteiger partial charge is 0.317 e. The number of aliphatic carboxylic acids is 1. The summed E-state index contributed by atoms with van der Waals surface area (Å²) in [6.07, 6.45) is 10.0. The number of aromatic nitrogens is 1. The van der Waals surface area contributed by atoms with Crippen LogP contribution in [0.4, 0.5) is 5.69 Å². The zero-order valence-electron chi connectivity index (χ0n) is 14.0. The van der Waals surface area contributed by atoms with Gasteiger partial charge in [-0.3, -0.25) is 4.79 Å². The molecule has 0 saturated carbocycles. The maximum Gasteiger partial charge on any atom is 0.317 e. The van der Waals surface area contributed by atoms with Gasteiger partial charge in [-0.05, 0) is 31.1 Å². The van der Waals surface area contributed by atoms with E-state index in [0.29, 0.717) is 19.0 Å². The van der Waals surface area contributed by atoms with Gasteiger partial charge in [0.2, 0.25) is 5.88 Å². The van der Waals surface area contributed by atoms with Crippen molar-refractivity contribution in [3.8, 4) is 5.88 Å². The number of carboxylic acid groups (broad SMARTS) is 1. The van der Waals surface area contributed by atoms with Crippen molar-refractivity contribution in [1.29, 1.82) is 0 Å². The molecule has 24 heavy (non-hydrogen) atoms. The van der Waals surface area contributed by atoms with E-state index in [0.717, 1.165) is 29.9 Å². The van der Waals surface area contributed by atoms with Crippen LogP contribution < -0.4 is 9.64 Å². The van der Waals surface area contributed by atoms with E-state index in [4.69, 9.17) is 4.74 Å². The Morgan fingerprint density at radius 3 is 3.00 bits per heavy atom. The van der Waals surface area contributed by atoms with E-state index in [-0.39, 0.29) is 0 Å². The fourth-order valence-electron chi connectivity index (χ4n) is 2.92. The molecular formula is C19H22N2O3. The largest absolute Gasteiger partial charge is 0.480 e. The summed E-state index contributed by atoms with van der Waals surface area (Å²) in [5, 5.41) is 9.49. The van der Waals surface area contributed by atoms with E-state index in [9.17, 15) is 9.90 Å². The van der Waals surface area contributed by atoms with Gasteiger partial charge in [0.15, 0.2) is 0 Å². The third-order valence-corrected chi connectivity index (χ3v) is 4.38. The molecule has 1 aliphatic heterocycles. The Balaban J connectivity index is 1.87. The number of carboxylic acids is 1. The third kappa shape index (κ3) is 3.20. The zero-order chi connectivity index (χ0) is 17.2. The summed E-state index contributed by atoms with van der Waals surface area (Å²) in [6.45, 7) is 5.74. The molecule has 1 N–H and O–H groups in total. The van der Waals surface area contributed by atoms with Gasteiger partial charge in [0.05, 0.1) is 6.54 Å². The highest BCUT2D eigenvalue weighted by atomic mass is 16.5. The summed E-state index contributed by atoms with van der Waals surface area (Å²) >= 11 is 0. The third-order valence-electron chi connectivity index (χ3n) is 4.38. The number of nitrogens with zero attached hydrogens (tertiary/aromatic N) is 2. The molecule has 5 nitrogen and oxygen atoms in total. The first kappa shape index (κ1) is 16.3. The summed E-state index contributed by atoms with van der Waals surface area (Å²) in [4.78, 5) is 18.3. The lowest BCUT2D eigenvalue weighted by Crippen LogP contribution is -2.35. The van der Waals surface area contributed by atoms with Crippen LogP contribution in [-0.2, 0) is 11.2 Å². The highest BCUT2D eigenvalue weighted by molar-refractivity contribution is 5.80. The Kier molecular flexibility index (Phi) is 4.42. The van der Waals surface area contributed by atoms with Gasteiger partial charge in [-0.1, -0.05) is 37.3 Å². The Morgan fingerprint density at radius 2 is 2.25 bits per heavy atom. The average molecular weight is 326 g/mol. The molecule has 1 aromatic rings. The first-order chi connectivity index (χ1) is 11.5. The Bertz CT molecular complexity index is 736. The highest BCUT2D eigenvalue weighted by Gasteiger charge is 2.29. The summed E-state index contributed by atoms with van der Waals surface area (Å²) < 4.78 is 5.69. The predicted molar refractivity (Wildman–Crippen MR) is 93.4 cm³/mol. The SMILES string of the molecule is CCc1ccc2c(n1)OCCN2CC1=CC(C)(C(=O)O)C=CC=C1. The summed E-state index contributed by atoms with van der Waals surface area (Å²) in [5.74, 6) is -0.186. The standard InChI is InChI=1S/C19H22N2O3/c1-3-15-7-8-16-17(20-15)24-11-10-21(16)13-14-6-4-5-9-19(2,12-14)18(22)23/h4-9,12H,3,10-11,13H2,1-2H3,(H,22,23). The summed E-state index contributed by atoms with van der Waals surface area (Å²) in [6, 6.07) is 4.05. The molecular weight excluding hydrogens is 304 g/mol. The highest BCUT2D eigenvalue weighted by Crippen LogP contribution is 2.32. The second-order valence-electron chi connectivity index (χ2n) is 6.28. The van der Waals surface area contributed by atoms with E-state index in [1.807, 2.05) is 30.4 Å². The molecule has 5 heteroatoms. The van der Waals surface area contributed by atoms with Crippen LogP contribution in [0.1, 0.15) is 19.5 Å². The van der Waals surface area contributed by atoms with Gasteiger partial charge in [-0.25, -0.2) is 4.98 Å². The van der Waals surface area contributed by atoms with E-state index in [2.05, 4.69) is 16.8 Å². The van der Waals surface area contributed by atoms with E-state index < -0.39 is 11.4 Å². The zero-order valence-corrected chi connectivity index (χ0v) is 14.0. The van der Waals surface area contributed by atoms with Crippen molar-refractivity contribution in [2.75, 3.05) is 24.6 Å². The molecule has 0 fully saturated rings. The second-order valence-corrected chi connectivity index (χ2v) is 6.28. The number of rotatable bonds is 4. The van der Waals surface area contributed by atoms with Crippen LogP contribution in [0.3, 0.4) is 0 Å². The molecule has 1 atom stereocenters. The number of aryl methyl sites for hydroxylation is 1. The van der Waals surface area contributed by atoms with Crippen molar-refractivity contribution in [1.82, 2.24) is 4.98 Å². The molecule has 126 valence electrons. The molecule has 0 aromatic carbocycles. The summed E-state index contributed by atoms with van der Waals surface area (Å²) in [7, 11) is 0. The van der Waals surface area contributed by atoms with Crippen LogP contribution in [0, 0.1) is 5.41 Å². The van der Waals surface area contributed by atoms with Gasteiger partial charge in [0, 0.05) is 12.2 Å². The Hall–Kier alpha value is -2.56.